The second-order valence-electron chi connectivity index (χ2n) is 4.48. The van der Waals surface area contributed by atoms with Crippen molar-refractivity contribution in [2.45, 2.75) is 19.9 Å². The number of nitrogens with one attached hydrogen (secondary N) is 1. The quantitative estimate of drug-likeness (QED) is 0.773. The molecule has 0 saturated carbocycles. The van der Waals surface area contributed by atoms with Gasteiger partial charge >= 0.3 is 0 Å². The Labute approximate surface area is 96.5 Å². The fraction of sp³-hybridized carbons (Fsp3) is 0.462. The molecule has 1 aliphatic heterocycles. The van der Waals surface area contributed by atoms with Crippen LogP contribution < -0.4 is 5.32 Å². The summed E-state index contributed by atoms with van der Waals surface area (Å²) < 4.78 is 0. The number of rotatable bonds is 1. The van der Waals surface area contributed by atoms with Crippen molar-refractivity contribution in [2.24, 2.45) is 0 Å². The molecule has 1 N–H and O–H groups in total. The summed E-state index contributed by atoms with van der Waals surface area (Å²) in [5.74, 6) is 0.150. The zero-order valence-corrected chi connectivity index (χ0v) is 9.86. The molecule has 1 saturated heterocycles. The molecule has 0 bridgehead atoms. The minimum absolute atomic E-state index is 0.150. The number of hydrogen-bond donors (Lipinski definition) is 1. The number of carbonyl (C=O) groups is 1. The van der Waals surface area contributed by atoms with Crippen LogP contribution in [0.1, 0.15) is 22.8 Å². The second kappa shape index (κ2) is 4.66. The van der Waals surface area contributed by atoms with Gasteiger partial charge in [0.05, 0.1) is 0 Å². The fourth-order valence-corrected chi connectivity index (χ4v) is 2.08. The van der Waals surface area contributed by atoms with Gasteiger partial charge in [-0.05, 0) is 26.0 Å². The van der Waals surface area contributed by atoms with Crippen molar-refractivity contribution in [3.63, 3.8) is 0 Å². The van der Waals surface area contributed by atoms with E-state index >= 15 is 0 Å². The first-order chi connectivity index (χ1) is 7.66. The van der Waals surface area contributed by atoms with E-state index < -0.39 is 0 Å². The molecular formula is C13H18N2O. The van der Waals surface area contributed by atoms with Gasteiger partial charge in [-0.15, -0.1) is 0 Å². The third-order valence-electron chi connectivity index (χ3n) is 2.92. The minimum atomic E-state index is 0.150. The van der Waals surface area contributed by atoms with Gasteiger partial charge in [-0.2, -0.15) is 0 Å². The molecule has 1 heterocycles. The maximum absolute atomic E-state index is 12.2. The Balaban J connectivity index is 2.12. The second-order valence-corrected chi connectivity index (χ2v) is 4.48. The van der Waals surface area contributed by atoms with Gasteiger partial charge in [0.15, 0.2) is 0 Å². The topological polar surface area (TPSA) is 32.3 Å². The van der Waals surface area contributed by atoms with E-state index in [1.807, 2.05) is 36.1 Å². The highest BCUT2D eigenvalue weighted by molar-refractivity contribution is 5.94. The Morgan fingerprint density at radius 1 is 1.50 bits per heavy atom. The van der Waals surface area contributed by atoms with E-state index in [2.05, 4.69) is 12.2 Å². The van der Waals surface area contributed by atoms with Crippen LogP contribution in [0.15, 0.2) is 24.3 Å². The van der Waals surface area contributed by atoms with E-state index in [4.69, 9.17) is 0 Å². The first-order valence-electron chi connectivity index (χ1n) is 5.76. The van der Waals surface area contributed by atoms with Crippen LogP contribution in [0.5, 0.6) is 0 Å². The molecule has 1 aliphatic rings. The van der Waals surface area contributed by atoms with Gasteiger partial charge in [-0.3, -0.25) is 4.79 Å². The number of aryl methyl sites for hydroxylation is 1. The molecule has 86 valence electrons. The Hall–Kier alpha value is -1.35. The summed E-state index contributed by atoms with van der Waals surface area (Å²) >= 11 is 0. The van der Waals surface area contributed by atoms with Gasteiger partial charge in [0.2, 0.25) is 0 Å². The first kappa shape index (κ1) is 11.1. The zero-order valence-electron chi connectivity index (χ0n) is 9.86. The lowest BCUT2D eigenvalue weighted by molar-refractivity contribution is 0.0709. The van der Waals surface area contributed by atoms with Crippen LogP contribution in [0.3, 0.4) is 0 Å². The third kappa shape index (κ3) is 2.42. The van der Waals surface area contributed by atoms with Crippen molar-refractivity contribution in [1.29, 1.82) is 0 Å². The average molecular weight is 218 g/mol. The van der Waals surface area contributed by atoms with Crippen molar-refractivity contribution in [3.8, 4) is 0 Å². The number of hydrogen-bond acceptors (Lipinski definition) is 2. The predicted molar refractivity (Wildman–Crippen MR) is 64.5 cm³/mol. The SMILES string of the molecule is Cc1cccc(C(=O)N2CCNC(C)C2)c1. The molecule has 0 radical (unpaired) electrons. The van der Waals surface area contributed by atoms with Gasteiger partial charge < -0.3 is 10.2 Å². The van der Waals surface area contributed by atoms with Crippen LogP contribution in [0.4, 0.5) is 0 Å². The molecule has 3 heteroatoms. The molecule has 3 nitrogen and oxygen atoms in total. The van der Waals surface area contributed by atoms with E-state index in [0.29, 0.717) is 6.04 Å². The molecule has 1 unspecified atom stereocenters. The molecule has 16 heavy (non-hydrogen) atoms. The maximum atomic E-state index is 12.2. The van der Waals surface area contributed by atoms with Gasteiger partial charge in [0, 0.05) is 31.2 Å². The molecule has 1 fully saturated rings. The van der Waals surface area contributed by atoms with Gasteiger partial charge in [-0.25, -0.2) is 0 Å². The zero-order chi connectivity index (χ0) is 11.5. The van der Waals surface area contributed by atoms with Crippen LogP contribution in [0, 0.1) is 6.92 Å². The Kier molecular flexibility index (Phi) is 3.25. The summed E-state index contributed by atoms with van der Waals surface area (Å²) in [4.78, 5) is 14.1. The van der Waals surface area contributed by atoms with E-state index in [0.717, 1.165) is 30.8 Å². The summed E-state index contributed by atoms with van der Waals surface area (Å²) in [5.41, 5.74) is 1.93. The van der Waals surface area contributed by atoms with Crippen molar-refractivity contribution in [3.05, 3.63) is 35.4 Å². The summed E-state index contributed by atoms with van der Waals surface area (Å²) in [6.07, 6.45) is 0. The Morgan fingerprint density at radius 3 is 3.00 bits per heavy atom. The summed E-state index contributed by atoms with van der Waals surface area (Å²) in [6, 6.07) is 8.19. The number of piperazine rings is 1. The van der Waals surface area contributed by atoms with Crippen LogP contribution >= 0.6 is 0 Å². The fourth-order valence-electron chi connectivity index (χ4n) is 2.08. The van der Waals surface area contributed by atoms with Crippen molar-refractivity contribution in [2.75, 3.05) is 19.6 Å². The summed E-state index contributed by atoms with van der Waals surface area (Å²) in [5, 5.41) is 3.34. The van der Waals surface area contributed by atoms with Crippen LogP contribution in [0.2, 0.25) is 0 Å². The predicted octanol–water partition coefficient (Wildman–Crippen LogP) is 1.43. The Morgan fingerprint density at radius 2 is 2.31 bits per heavy atom. The highest BCUT2D eigenvalue weighted by Crippen LogP contribution is 2.09. The highest BCUT2D eigenvalue weighted by atomic mass is 16.2. The van der Waals surface area contributed by atoms with Gasteiger partial charge in [-0.1, -0.05) is 17.7 Å². The largest absolute Gasteiger partial charge is 0.336 e. The lowest BCUT2D eigenvalue weighted by Gasteiger charge is -2.32. The van der Waals surface area contributed by atoms with E-state index in [9.17, 15) is 4.79 Å². The Bertz CT molecular complexity index is 389. The monoisotopic (exact) mass is 218 g/mol. The van der Waals surface area contributed by atoms with Crippen LogP contribution in [0.25, 0.3) is 0 Å². The molecule has 1 atom stereocenters. The molecule has 2 rings (SSSR count). The van der Waals surface area contributed by atoms with Crippen molar-refractivity contribution >= 4 is 5.91 Å². The molecule has 0 spiro atoms. The third-order valence-corrected chi connectivity index (χ3v) is 2.92. The van der Waals surface area contributed by atoms with Crippen molar-refractivity contribution < 1.29 is 4.79 Å². The molecule has 1 aromatic carbocycles. The smallest absolute Gasteiger partial charge is 0.253 e. The normalized spacial score (nSPS) is 20.9. The van der Waals surface area contributed by atoms with Crippen molar-refractivity contribution in [1.82, 2.24) is 10.2 Å². The highest BCUT2D eigenvalue weighted by Gasteiger charge is 2.21. The number of benzene rings is 1. The van der Waals surface area contributed by atoms with Gasteiger partial charge in [0.25, 0.3) is 5.91 Å². The van der Waals surface area contributed by atoms with Crippen LogP contribution in [-0.4, -0.2) is 36.5 Å². The molecule has 1 amide bonds. The van der Waals surface area contributed by atoms with E-state index in [-0.39, 0.29) is 5.91 Å². The number of nitrogens with zero attached hydrogens (tertiary/aromatic N) is 1. The standard InChI is InChI=1S/C13H18N2O/c1-10-4-3-5-12(8-10)13(16)15-7-6-14-11(2)9-15/h3-5,8,11,14H,6-7,9H2,1-2H3. The maximum Gasteiger partial charge on any atom is 0.253 e. The lowest BCUT2D eigenvalue weighted by Crippen LogP contribution is -2.51. The lowest BCUT2D eigenvalue weighted by atomic mass is 10.1. The van der Waals surface area contributed by atoms with E-state index in [1.54, 1.807) is 0 Å². The minimum Gasteiger partial charge on any atom is -0.336 e. The van der Waals surface area contributed by atoms with E-state index in [1.165, 1.54) is 0 Å². The first-order valence-corrected chi connectivity index (χ1v) is 5.76. The molecular weight excluding hydrogens is 200 g/mol. The van der Waals surface area contributed by atoms with Crippen LogP contribution in [-0.2, 0) is 0 Å². The molecule has 1 aromatic rings. The molecule has 0 aliphatic carbocycles. The van der Waals surface area contributed by atoms with Gasteiger partial charge in [0.1, 0.15) is 0 Å². The number of amides is 1. The molecule has 0 aromatic heterocycles. The summed E-state index contributed by atoms with van der Waals surface area (Å²) in [6.45, 7) is 6.61. The number of carbonyl (C=O) groups excluding carboxylic acids is 1. The summed E-state index contributed by atoms with van der Waals surface area (Å²) in [7, 11) is 0. The average Bonchev–Trinajstić information content (AvgIpc) is 2.28.